The highest BCUT2D eigenvalue weighted by Gasteiger charge is 2.30. The Labute approximate surface area is 169 Å². The largest absolute Gasteiger partial charge is 0.495 e. The van der Waals surface area contributed by atoms with Crippen LogP contribution in [0.4, 0.5) is 17.1 Å². The minimum absolute atomic E-state index is 0.0760. The molecule has 1 atom stereocenters. The molecule has 0 spiro atoms. The van der Waals surface area contributed by atoms with Gasteiger partial charge in [-0.3, -0.25) is 19.2 Å². The predicted molar refractivity (Wildman–Crippen MR) is 111 cm³/mol. The Hall–Kier alpha value is -3.14. The van der Waals surface area contributed by atoms with Crippen LogP contribution in [-0.4, -0.2) is 38.7 Å². The van der Waals surface area contributed by atoms with E-state index in [-0.39, 0.29) is 17.1 Å². The number of hydrogen-bond donors (Lipinski definition) is 1. The van der Waals surface area contributed by atoms with Crippen LogP contribution < -0.4 is 14.4 Å². The highest BCUT2D eigenvalue weighted by atomic mass is 32.2. The molecule has 9 nitrogen and oxygen atoms in total. The Bertz CT molecular complexity index is 1050. The highest BCUT2D eigenvalue weighted by molar-refractivity contribution is 7.92. The Morgan fingerprint density at radius 1 is 1.17 bits per heavy atom. The molecule has 0 aliphatic heterocycles. The number of rotatable bonds is 7. The molecule has 10 heteroatoms. The van der Waals surface area contributed by atoms with E-state index in [0.29, 0.717) is 5.69 Å². The van der Waals surface area contributed by atoms with Gasteiger partial charge < -0.3 is 10.1 Å². The number of anilines is 2. The van der Waals surface area contributed by atoms with Crippen molar-refractivity contribution in [2.24, 2.45) is 0 Å². The van der Waals surface area contributed by atoms with E-state index in [1.54, 1.807) is 18.2 Å². The quantitative estimate of drug-likeness (QED) is 0.542. The fourth-order valence-electron chi connectivity index (χ4n) is 2.82. The zero-order valence-electron chi connectivity index (χ0n) is 16.8. The SMILES string of the molecule is COc1ccc([N+](=O)[O-])cc1NC(=O)[C@@H](C)N(c1ccc(C)c(C)c1)S(C)(=O)=O. The third-order valence-electron chi connectivity index (χ3n) is 4.49. The van der Waals surface area contributed by atoms with Gasteiger partial charge in [0.15, 0.2) is 0 Å². The number of nitrogens with one attached hydrogen (secondary N) is 1. The van der Waals surface area contributed by atoms with Gasteiger partial charge >= 0.3 is 0 Å². The summed E-state index contributed by atoms with van der Waals surface area (Å²) in [4.78, 5) is 23.3. The molecule has 1 amide bonds. The lowest BCUT2D eigenvalue weighted by Crippen LogP contribution is -2.45. The van der Waals surface area contributed by atoms with Crippen LogP contribution >= 0.6 is 0 Å². The molecule has 0 aromatic heterocycles. The van der Waals surface area contributed by atoms with Crippen molar-refractivity contribution in [2.75, 3.05) is 23.0 Å². The molecule has 1 N–H and O–H groups in total. The van der Waals surface area contributed by atoms with Crippen molar-refractivity contribution < 1.29 is 22.9 Å². The number of nitro benzene ring substituents is 1. The number of nitro groups is 1. The zero-order chi connectivity index (χ0) is 21.9. The van der Waals surface area contributed by atoms with Crippen LogP contribution in [0.5, 0.6) is 5.75 Å². The molecule has 0 aliphatic rings. The number of non-ortho nitro benzene ring substituents is 1. The predicted octanol–water partition coefficient (Wildman–Crippen LogP) is 3.01. The topological polar surface area (TPSA) is 119 Å². The van der Waals surface area contributed by atoms with E-state index < -0.39 is 26.9 Å². The molecule has 2 aromatic rings. The van der Waals surface area contributed by atoms with Crippen molar-refractivity contribution in [3.8, 4) is 5.75 Å². The van der Waals surface area contributed by atoms with Crippen molar-refractivity contribution in [2.45, 2.75) is 26.8 Å². The standard InChI is InChI=1S/C19H23N3O6S/c1-12-6-7-15(10-13(12)2)21(29(5,26)27)14(3)19(23)20-17-11-16(22(24)25)8-9-18(17)28-4/h6-11,14H,1-5H3,(H,20,23)/t14-/m1/s1. The Kier molecular flexibility index (Phi) is 6.48. The number of amides is 1. The summed E-state index contributed by atoms with van der Waals surface area (Å²) in [5, 5.41) is 13.6. The first-order chi connectivity index (χ1) is 13.5. The summed E-state index contributed by atoms with van der Waals surface area (Å²) in [5.74, 6) is -0.444. The average Bonchev–Trinajstić information content (AvgIpc) is 2.63. The first-order valence-electron chi connectivity index (χ1n) is 8.65. The van der Waals surface area contributed by atoms with Crippen LogP contribution in [0.15, 0.2) is 36.4 Å². The molecule has 0 unspecified atom stereocenters. The van der Waals surface area contributed by atoms with Crippen LogP contribution in [0.1, 0.15) is 18.1 Å². The molecule has 2 aromatic carbocycles. The number of carbonyl (C=O) groups excluding carboxylic acids is 1. The van der Waals surface area contributed by atoms with Crippen LogP contribution in [-0.2, 0) is 14.8 Å². The Morgan fingerprint density at radius 2 is 1.83 bits per heavy atom. The van der Waals surface area contributed by atoms with Crippen LogP contribution in [0.25, 0.3) is 0 Å². The third kappa shape index (κ3) is 5.02. The van der Waals surface area contributed by atoms with Gasteiger partial charge in [0.25, 0.3) is 5.69 Å². The first-order valence-corrected chi connectivity index (χ1v) is 10.5. The van der Waals surface area contributed by atoms with E-state index >= 15 is 0 Å². The lowest BCUT2D eigenvalue weighted by Gasteiger charge is -2.28. The van der Waals surface area contributed by atoms with E-state index in [9.17, 15) is 23.3 Å². The molecule has 0 fully saturated rings. The molecular formula is C19H23N3O6S. The average molecular weight is 421 g/mol. The molecule has 29 heavy (non-hydrogen) atoms. The van der Waals surface area contributed by atoms with Gasteiger partial charge in [0.2, 0.25) is 15.9 Å². The van der Waals surface area contributed by atoms with E-state index in [4.69, 9.17) is 4.74 Å². The monoisotopic (exact) mass is 421 g/mol. The lowest BCUT2D eigenvalue weighted by atomic mass is 10.1. The summed E-state index contributed by atoms with van der Waals surface area (Å²) in [6, 6.07) is 7.73. The van der Waals surface area contributed by atoms with Gasteiger partial charge in [-0.2, -0.15) is 0 Å². The number of ether oxygens (including phenoxy) is 1. The van der Waals surface area contributed by atoms with Crippen molar-refractivity contribution in [1.29, 1.82) is 0 Å². The second-order valence-corrected chi connectivity index (χ2v) is 8.49. The summed E-state index contributed by atoms with van der Waals surface area (Å²) in [7, 11) is -2.43. The number of benzene rings is 2. The van der Waals surface area contributed by atoms with Gasteiger partial charge in [-0.15, -0.1) is 0 Å². The molecule has 0 radical (unpaired) electrons. The minimum Gasteiger partial charge on any atom is -0.495 e. The molecule has 156 valence electrons. The lowest BCUT2D eigenvalue weighted by molar-refractivity contribution is -0.384. The molecule has 0 saturated carbocycles. The van der Waals surface area contributed by atoms with Gasteiger partial charge in [-0.05, 0) is 50.1 Å². The van der Waals surface area contributed by atoms with Gasteiger partial charge in [-0.25, -0.2) is 8.42 Å². The van der Waals surface area contributed by atoms with E-state index in [1.807, 2.05) is 13.8 Å². The van der Waals surface area contributed by atoms with Gasteiger partial charge in [0.1, 0.15) is 11.8 Å². The minimum atomic E-state index is -3.79. The van der Waals surface area contributed by atoms with Gasteiger partial charge in [0.05, 0.1) is 29.7 Å². The van der Waals surface area contributed by atoms with Crippen molar-refractivity contribution in [3.05, 3.63) is 57.6 Å². The highest BCUT2D eigenvalue weighted by Crippen LogP contribution is 2.30. The maximum Gasteiger partial charge on any atom is 0.271 e. The maximum atomic E-state index is 12.8. The molecule has 0 heterocycles. The van der Waals surface area contributed by atoms with Crippen LogP contribution in [0.3, 0.4) is 0 Å². The number of sulfonamides is 1. The summed E-state index contributed by atoms with van der Waals surface area (Å²) in [6.45, 7) is 5.18. The summed E-state index contributed by atoms with van der Waals surface area (Å²) in [5.41, 5.74) is 2.06. The van der Waals surface area contributed by atoms with Crippen molar-refractivity contribution in [3.63, 3.8) is 0 Å². The number of methoxy groups -OCH3 is 1. The van der Waals surface area contributed by atoms with E-state index in [2.05, 4.69) is 5.32 Å². The van der Waals surface area contributed by atoms with Crippen LogP contribution in [0.2, 0.25) is 0 Å². The maximum absolute atomic E-state index is 12.8. The first kappa shape index (κ1) is 22.2. The summed E-state index contributed by atoms with van der Waals surface area (Å²) in [6.07, 6.45) is 1.01. The number of carbonyl (C=O) groups is 1. The number of hydrogen-bond acceptors (Lipinski definition) is 6. The molecule has 0 bridgehead atoms. The van der Waals surface area contributed by atoms with Crippen molar-refractivity contribution in [1.82, 2.24) is 0 Å². The molecule has 0 saturated heterocycles. The van der Waals surface area contributed by atoms with Gasteiger partial charge in [-0.1, -0.05) is 6.07 Å². The Morgan fingerprint density at radius 3 is 2.34 bits per heavy atom. The molecule has 0 aliphatic carbocycles. The summed E-state index contributed by atoms with van der Waals surface area (Å²) < 4.78 is 31.0. The summed E-state index contributed by atoms with van der Waals surface area (Å²) >= 11 is 0. The fraction of sp³-hybridized carbons (Fsp3) is 0.316. The normalized spacial score (nSPS) is 12.2. The molecular weight excluding hydrogens is 398 g/mol. The van der Waals surface area contributed by atoms with Crippen molar-refractivity contribution >= 4 is 33.0 Å². The Balaban J connectivity index is 2.41. The number of nitrogens with zero attached hydrogens (tertiary/aromatic N) is 2. The van der Waals surface area contributed by atoms with E-state index in [0.717, 1.165) is 27.8 Å². The van der Waals surface area contributed by atoms with Crippen LogP contribution in [0, 0.1) is 24.0 Å². The second kappa shape index (κ2) is 8.48. The smallest absolute Gasteiger partial charge is 0.271 e. The second-order valence-electron chi connectivity index (χ2n) is 6.63. The van der Waals surface area contributed by atoms with Gasteiger partial charge in [0, 0.05) is 12.1 Å². The third-order valence-corrected chi connectivity index (χ3v) is 5.73. The molecule has 2 rings (SSSR count). The zero-order valence-corrected chi connectivity index (χ0v) is 17.6. The fourth-order valence-corrected chi connectivity index (χ4v) is 3.98. The number of aryl methyl sites for hydroxylation is 2. The van der Waals surface area contributed by atoms with E-state index in [1.165, 1.54) is 26.2 Å².